The fraction of sp³-hybridized carbons (Fsp3) is 0.484. The van der Waals surface area contributed by atoms with E-state index in [-0.39, 0.29) is 0 Å². The molecule has 2 aromatic carbocycles. The summed E-state index contributed by atoms with van der Waals surface area (Å²) in [6.45, 7) is 9.00. The molecular formula is C31H40F3N5S. The lowest BCUT2D eigenvalue weighted by molar-refractivity contribution is -0.140. The number of hydrazine groups is 1. The molecule has 4 rings (SSSR count). The molecule has 5 nitrogen and oxygen atoms in total. The van der Waals surface area contributed by atoms with Crippen molar-refractivity contribution in [3.63, 3.8) is 0 Å². The van der Waals surface area contributed by atoms with Gasteiger partial charge in [0.2, 0.25) is 0 Å². The van der Waals surface area contributed by atoms with E-state index in [0.717, 1.165) is 55.7 Å². The SMILES string of the molecule is CCc1cc(SC)ccc1NCC#Cc1cc2c(NNC3CCN(CC(C)C)CC3)cccc2n1CC(F)(F)F. The second-order valence-electron chi connectivity index (χ2n) is 10.7. The van der Waals surface area contributed by atoms with E-state index in [1.165, 1.54) is 15.0 Å². The number of hydrogen-bond donors (Lipinski definition) is 3. The first kappa shape index (κ1) is 30.2. The van der Waals surface area contributed by atoms with Crippen LogP contribution in [-0.4, -0.2) is 54.1 Å². The van der Waals surface area contributed by atoms with E-state index >= 15 is 0 Å². The van der Waals surface area contributed by atoms with Crippen molar-refractivity contribution in [1.82, 2.24) is 14.9 Å². The molecular weight excluding hydrogens is 531 g/mol. The van der Waals surface area contributed by atoms with Gasteiger partial charge in [-0.25, -0.2) is 5.43 Å². The Balaban J connectivity index is 1.49. The zero-order valence-corrected chi connectivity index (χ0v) is 24.6. The fourth-order valence-electron chi connectivity index (χ4n) is 5.24. The van der Waals surface area contributed by atoms with Crippen LogP contribution in [0.1, 0.15) is 44.9 Å². The number of nitrogens with zero attached hydrogens (tertiary/aromatic N) is 2. The monoisotopic (exact) mass is 571 g/mol. The van der Waals surface area contributed by atoms with Crippen LogP contribution in [0, 0.1) is 17.8 Å². The molecule has 0 atom stereocenters. The summed E-state index contributed by atoms with van der Waals surface area (Å²) in [6, 6.07) is 13.7. The van der Waals surface area contributed by atoms with Crippen LogP contribution in [0.15, 0.2) is 47.4 Å². The Hall–Kier alpha value is -2.80. The number of thioether (sulfide) groups is 1. The molecule has 1 aliphatic heterocycles. The first-order chi connectivity index (χ1) is 19.2. The van der Waals surface area contributed by atoms with E-state index in [4.69, 9.17) is 0 Å². The molecule has 216 valence electrons. The highest BCUT2D eigenvalue weighted by atomic mass is 32.2. The van der Waals surface area contributed by atoms with Crippen molar-refractivity contribution >= 4 is 34.0 Å². The molecule has 0 saturated carbocycles. The molecule has 1 fully saturated rings. The number of alkyl halides is 3. The smallest absolute Gasteiger partial charge is 0.374 e. The lowest BCUT2D eigenvalue weighted by Gasteiger charge is -2.33. The molecule has 0 amide bonds. The molecule has 0 bridgehead atoms. The molecule has 1 aliphatic rings. The topological polar surface area (TPSA) is 44.3 Å². The summed E-state index contributed by atoms with van der Waals surface area (Å²) in [5.74, 6) is 6.69. The minimum Gasteiger partial charge on any atom is -0.374 e. The van der Waals surface area contributed by atoms with Crippen LogP contribution in [0.2, 0.25) is 0 Å². The lowest BCUT2D eigenvalue weighted by Crippen LogP contribution is -2.45. The molecule has 3 aromatic rings. The first-order valence-corrected chi connectivity index (χ1v) is 15.2. The third-order valence-corrected chi connectivity index (χ3v) is 7.91. The van der Waals surface area contributed by atoms with E-state index in [2.05, 4.69) is 65.8 Å². The molecule has 1 saturated heterocycles. The number of nitrogens with one attached hydrogen (secondary N) is 3. The normalized spacial score (nSPS) is 14.9. The molecule has 0 unspecified atom stereocenters. The standard InChI is InChI=1S/C31H40F3N5S/c1-5-23-18-26(40-4)11-12-28(23)35-15-7-8-25-19-27-29(9-6-10-30(27)39(25)21-31(32,33)34)37-36-24-13-16-38(17-14-24)20-22(2)3/h6,9-12,18-19,22,24,35-37H,5,13-17,20-21H2,1-4H3. The van der Waals surface area contributed by atoms with Crippen molar-refractivity contribution in [2.75, 3.05) is 43.2 Å². The highest BCUT2D eigenvalue weighted by Gasteiger charge is 2.30. The van der Waals surface area contributed by atoms with Crippen LogP contribution in [-0.2, 0) is 13.0 Å². The summed E-state index contributed by atoms with van der Waals surface area (Å²) in [6.07, 6.45) is 0.608. The van der Waals surface area contributed by atoms with E-state index in [9.17, 15) is 13.2 Å². The molecule has 2 heterocycles. The van der Waals surface area contributed by atoms with Gasteiger partial charge in [0.05, 0.1) is 23.4 Å². The number of hydrogen-bond acceptors (Lipinski definition) is 5. The Kier molecular flexibility index (Phi) is 10.3. The Morgan fingerprint density at radius 1 is 1.07 bits per heavy atom. The molecule has 9 heteroatoms. The predicted molar refractivity (Wildman–Crippen MR) is 162 cm³/mol. The van der Waals surface area contributed by atoms with Crippen LogP contribution in [0.4, 0.5) is 24.5 Å². The van der Waals surface area contributed by atoms with Gasteiger partial charge in [0.1, 0.15) is 6.54 Å². The zero-order valence-electron chi connectivity index (χ0n) is 23.8. The third kappa shape index (κ3) is 8.12. The highest BCUT2D eigenvalue weighted by Crippen LogP contribution is 2.30. The molecule has 40 heavy (non-hydrogen) atoms. The Morgan fingerprint density at radius 2 is 1.85 bits per heavy atom. The average molecular weight is 572 g/mol. The van der Waals surface area contributed by atoms with Crippen LogP contribution < -0.4 is 16.2 Å². The van der Waals surface area contributed by atoms with Crippen LogP contribution in [0.25, 0.3) is 10.9 Å². The second kappa shape index (κ2) is 13.7. The van der Waals surface area contributed by atoms with Crippen LogP contribution >= 0.6 is 11.8 Å². The average Bonchev–Trinajstić information content (AvgIpc) is 3.26. The summed E-state index contributed by atoms with van der Waals surface area (Å²) in [5.41, 5.74) is 10.5. The largest absolute Gasteiger partial charge is 0.406 e. The maximum atomic E-state index is 13.6. The van der Waals surface area contributed by atoms with Crippen molar-refractivity contribution in [1.29, 1.82) is 0 Å². The molecule has 3 N–H and O–H groups in total. The summed E-state index contributed by atoms with van der Waals surface area (Å²) in [7, 11) is 0. The number of aromatic nitrogens is 1. The van der Waals surface area contributed by atoms with Gasteiger partial charge >= 0.3 is 6.18 Å². The van der Waals surface area contributed by atoms with Crippen molar-refractivity contribution in [3.05, 3.63) is 53.7 Å². The number of benzene rings is 2. The van der Waals surface area contributed by atoms with Crippen LogP contribution in [0.3, 0.4) is 0 Å². The first-order valence-electron chi connectivity index (χ1n) is 14.0. The van der Waals surface area contributed by atoms with E-state index < -0.39 is 12.7 Å². The van der Waals surface area contributed by atoms with E-state index in [0.29, 0.717) is 29.7 Å². The van der Waals surface area contributed by atoms with Gasteiger partial charge in [-0.2, -0.15) is 13.2 Å². The summed E-state index contributed by atoms with van der Waals surface area (Å²) in [5, 5.41) is 4.05. The van der Waals surface area contributed by atoms with E-state index in [1.54, 1.807) is 30.0 Å². The fourth-order valence-corrected chi connectivity index (χ4v) is 5.70. The Bertz CT molecular complexity index is 1330. The minimum absolute atomic E-state index is 0.305. The van der Waals surface area contributed by atoms with Gasteiger partial charge in [-0.05, 0) is 92.4 Å². The van der Waals surface area contributed by atoms with Crippen molar-refractivity contribution in [2.45, 2.75) is 63.7 Å². The van der Waals surface area contributed by atoms with Gasteiger partial charge in [0.15, 0.2) is 0 Å². The number of fused-ring (bicyclic) bond motifs is 1. The molecule has 0 radical (unpaired) electrons. The van der Waals surface area contributed by atoms with Gasteiger partial charge in [-0.3, -0.25) is 0 Å². The number of piperidine rings is 1. The van der Waals surface area contributed by atoms with Gasteiger partial charge in [-0.1, -0.05) is 32.8 Å². The Morgan fingerprint density at radius 3 is 2.52 bits per heavy atom. The van der Waals surface area contributed by atoms with E-state index in [1.807, 2.05) is 18.4 Å². The quantitative estimate of drug-likeness (QED) is 0.139. The molecule has 1 aromatic heterocycles. The maximum Gasteiger partial charge on any atom is 0.406 e. The number of likely N-dealkylation sites (tertiary alicyclic amines) is 1. The predicted octanol–water partition coefficient (Wildman–Crippen LogP) is 6.99. The third-order valence-electron chi connectivity index (χ3n) is 7.18. The Labute approximate surface area is 240 Å². The summed E-state index contributed by atoms with van der Waals surface area (Å²) in [4.78, 5) is 3.68. The zero-order chi connectivity index (χ0) is 28.7. The molecule has 0 spiro atoms. The minimum atomic E-state index is -4.36. The van der Waals surface area contributed by atoms with Gasteiger partial charge in [0, 0.05) is 28.6 Å². The second-order valence-corrected chi connectivity index (χ2v) is 11.6. The molecule has 0 aliphatic carbocycles. The van der Waals surface area contributed by atoms with Gasteiger partial charge in [0.25, 0.3) is 0 Å². The van der Waals surface area contributed by atoms with Crippen molar-refractivity contribution in [2.24, 2.45) is 5.92 Å². The lowest BCUT2D eigenvalue weighted by atomic mass is 10.0. The summed E-state index contributed by atoms with van der Waals surface area (Å²) >= 11 is 1.69. The van der Waals surface area contributed by atoms with Crippen LogP contribution in [0.5, 0.6) is 0 Å². The number of rotatable bonds is 10. The van der Waals surface area contributed by atoms with Gasteiger partial charge < -0.3 is 20.2 Å². The van der Waals surface area contributed by atoms with Gasteiger partial charge in [-0.15, -0.1) is 11.8 Å². The number of halogens is 3. The number of anilines is 2. The number of aryl methyl sites for hydroxylation is 1. The van der Waals surface area contributed by atoms with Crippen molar-refractivity contribution in [3.8, 4) is 11.8 Å². The van der Waals surface area contributed by atoms with Crippen molar-refractivity contribution < 1.29 is 13.2 Å². The highest BCUT2D eigenvalue weighted by molar-refractivity contribution is 7.98. The summed E-state index contributed by atoms with van der Waals surface area (Å²) < 4.78 is 42.0. The maximum absolute atomic E-state index is 13.6.